The Morgan fingerprint density at radius 3 is 2.38 bits per heavy atom. The van der Waals surface area contributed by atoms with Crippen molar-refractivity contribution < 1.29 is 22.4 Å². The summed E-state index contributed by atoms with van der Waals surface area (Å²) in [7, 11) is 0. The van der Waals surface area contributed by atoms with Crippen LogP contribution in [0.2, 0.25) is 0 Å². The van der Waals surface area contributed by atoms with Gasteiger partial charge < -0.3 is 9.73 Å². The standard InChI is InChI=1S/C20H16F3NO2/c1-13(14-5-3-2-4-6-14)24-18-9-7-15(20(21,22)23)11-17(18)19-10-8-16(12-25)26-19/h2-13,24H,1H3. The molecule has 0 spiro atoms. The van der Waals surface area contributed by atoms with Gasteiger partial charge in [-0.1, -0.05) is 30.3 Å². The van der Waals surface area contributed by atoms with E-state index in [1.54, 1.807) is 0 Å². The molecule has 0 radical (unpaired) electrons. The molecule has 1 unspecified atom stereocenters. The van der Waals surface area contributed by atoms with Crippen molar-refractivity contribution in [3.63, 3.8) is 0 Å². The van der Waals surface area contributed by atoms with Crippen molar-refractivity contribution in [3.05, 3.63) is 77.6 Å². The van der Waals surface area contributed by atoms with Crippen LogP contribution in [0.1, 0.15) is 34.6 Å². The molecule has 0 amide bonds. The highest BCUT2D eigenvalue weighted by Gasteiger charge is 2.31. The van der Waals surface area contributed by atoms with Gasteiger partial charge in [0.1, 0.15) is 5.76 Å². The van der Waals surface area contributed by atoms with Crippen LogP contribution in [0.4, 0.5) is 18.9 Å². The number of rotatable bonds is 5. The lowest BCUT2D eigenvalue weighted by atomic mass is 10.0. The molecule has 0 aliphatic heterocycles. The number of hydrogen-bond donors (Lipinski definition) is 1. The van der Waals surface area contributed by atoms with E-state index in [-0.39, 0.29) is 23.1 Å². The number of alkyl halides is 3. The number of carbonyl (C=O) groups excluding carboxylic acids is 1. The van der Waals surface area contributed by atoms with Crippen LogP contribution in [-0.4, -0.2) is 6.29 Å². The maximum atomic E-state index is 13.1. The molecule has 1 atom stereocenters. The Kier molecular flexibility index (Phi) is 4.84. The summed E-state index contributed by atoms with van der Waals surface area (Å²) < 4.78 is 44.7. The zero-order valence-electron chi connectivity index (χ0n) is 13.9. The summed E-state index contributed by atoms with van der Waals surface area (Å²) in [5.41, 5.74) is 0.942. The van der Waals surface area contributed by atoms with Gasteiger partial charge in [0.05, 0.1) is 5.56 Å². The van der Waals surface area contributed by atoms with Crippen molar-refractivity contribution in [3.8, 4) is 11.3 Å². The van der Waals surface area contributed by atoms with Gasteiger partial charge in [-0.3, -0.25) is 4.79 Å². The minimum atomic E-state index is -4.47. The van der Waals surface area contributed by atoms with Gasteiger partial charge in [-0.15, -0.1) is 0 Å². The Hall–Kier alpha value is -3.02. The molecule has 0 bridgehead atoms. The molecule has 0 aliphatic carbocycles. The molecule has 0 saturated carbocycles. The smallest absolute Gasteiger partial charge is 0.416 e. The van der Waals surface area contributed by atoms with E-state index in [9.17, 15) is 18.0 Å². The van der Waals surface area contributed by atoms with Gasteiger partial charge in [0, 0.05) is 17.3 Å². The number of hydrogen-bond acceptors (Lipinski definition) is 3. The Morgan fingerprint density at radius 1 is 1.04 bits per heavy atom. The van der Waals surface area contributed by atoms with Crippen molar-refractivity contribution in [2.75, 3.05) is 5.32 Å². The van der Waals surface area contributed by atoms with E-state index < -0.39 is 11.7 Å². The first kappa shape index (κ1) is 17.8. The third-order valence-electron chi connectivity index (χ3n) is 4.03. The average molecular weight is 359 g/mol. The SMILES string of the molecule is CC(Nc1ccc(C(F)(F)F)cc1-c1ccc(C=O)o1)c1ccccc1. The van der Waals surface area contributed by atoms with Gasteiger partial charge in [-0.05, 0) is 42.8 Å². The van der Waals surface area contributed by atoms with Gasteiger partial charge in [0.2, 0.25) is 0 Å². The summed E-state index contributed by atoms with van der Waals surface area (Å²) >= 11 is 0. The van der Waals surface area contributed by atoms with Gasteiger partial charge in [-0.2, -0.15) is 13.2 Å². The molecular weight excluding hydrogens is 343 g/mol. The van der Waals surface area contributed by atoms with E-state index in [0.29, 0.717) is 12.0 Å². The summed E-state index contributed by atoms with van der Waals surface area (Å²) in [5.74, 6) is 0.250. The van der Waals surface area contributed by atoms with Gasteiger partial charge in [0.15, 0.2) is 12.0 Å². The van der Waals surface area contributed by atoms with Crippen molar-refractivity contribution in [2.45, 2.75) is 19.1 Å². The summed E-state index contributed by atoms with van der Waals surface area (Å²) in [6.07, 6.45) is -3.96. The zero-order valence-corrected chi connectivity index (χ0v) is 13.9. The van der Waals surface area contributed by atoms with E-state index >= 15 is 0 Å². The second kappa shape index (κ2) is 7.07. The van der Waals surface area contributed by atoms with Crippen LogP contribution in [0.3, 0.4) is 0 Å². The number of nitrogens with one attached hydrogen (secondary N) is 1. The second-order valence-corrected chi connectivity index (χ2v) is 5.85. The zero-order chi connectivity index (χ0) is 18.7. The van der Waals surface area contributed by atoms with Crippen LogP contribution in [0, 0.1) is 0 Å². The fourth-order valence-corrected chi connectivity index (χ4v) is 2.67. The van der Waals surface area contributed by atoms with Crippen molar-refractivity contribution in [1.82, 2.24) is 0 Å². The Bertz CT molecular complexity index is 901. The lowest BCUT2D eigenvalue weighted by molar-refractivity contribution is -0.137. The van der Waals surface area contributed by atoms with E-state index in [4.69, 9.17) is 4.42 Å². The average Bonchev–Trinajstić information content (AvgIpc) is 3.11. The van der Waals surface area contributed by atoms with Crippen LogP contribution in [0.5, 0.6) is 0 Å². The highest BCUT2D eigenvalue weighted by molar-refractivity contribution is 5.78. The molecule has 0 aliphatic rings. The van der Waals surface area contributed by atoms with Crippen molar-refractivity contribution >= 4 is 12.0 Å². The first-order valence-electron chi connectivity index (χ1n) is 7.96. The van der Waals surface area contributed by atoms with Gasteiger partial charge in [0.25, 0.3) is 0 Å². The maximum Gasteiger partial charge on any atom is 0.416 e. The molecule has 1 aromatic heterocycles. The van der Waals surface area contributed by atoms with E-state index in [2.05, 4.69) is 5.32 Å². The van der Waals surface area contributed by atoms with Crippen molar-refractivity contribution in [2.24, 2.45) is 0 Å². The first-order valence-corrected chi connectivity index (χ1v) is 7.96. The molecule has 0 saturated heterocycles. The van der Waals surface area contributed by atoms with Gasteiger partial charge in [-0.25, -0.2) is 0 Å². The molecule has 134 valence electrons. The minimum Gasteiger partial charge on any atom is -0.453 e. The Labute approximate surface area is 148 Å². The molecule has 2 aromatic carbocycles. The topological polar surface area (TPSA) is 42.2 Å². The highest BCUT2D eigenvalue weighted by Crippen LogP contribution is 2.37. The molecular formula is C20H16F3NO2. The Morgan fingerprint density at radius 2 is 1.77 bits per heavy atom. The predicted molar refractivity (Wildman–Crippen MR) is 93.0 cm³/mol. The number of furan rings is 1. The third-order valence-corrected chi connectivity index (χ3v) is 4.03. The van der Waals surface area contributed by atoms with E-state index in [0.717, 1.165) is 17.7 Å². The Balaban J connectivity index is 2.02. The van der Waals surface area contributed by atoms with E-state index in [1.165, 1.54) is 18.2 Å². The molecule has 0 fully saturated rings. The monoisotopic (exact) mass is 359 g/mol. The van der Waals surface area contributed by atoms with E-state index in [1.807, 2.05) is 37.3 Å². The first-order chi connectivity index (χ1) is 12.4. The number of benzene rings is 2. The summed E-state index contributed by atoms with van der Waals surface area (Å²) in [4.78, 5) is 10.8. The molecule has 3 aromatic rings. The number of aldehydes is 1. The molecule has 1 heterocycles. The molecule has 3 rings (SSSR count). The normalized spacial score (nSPS) is 12.6. The number of halogens is 3. The largest absolute Gasteiger partial charge is 0.453 e. The van der Waals surface area contributed by atoms with Crippen molar-refractivity contribution in [1.29, 1.82) is 0 Å². The number of carbonyl (C=O) groups is 1. The molecule has 26 heavy (non-hydrogen) atoms. The van der Waals surface area contributed by atoms with Crippen LogP contribution < -0.4 is 5.32 Å². The summed E-state index contributed by atoms with van der Waals surface area (Å²) in [5, 5.41) is 3.22. The van der Waals surface area contributed by atoms with Crippen LogP contribution in [-0.2, 0) is 6.18 Å². The maximum absolute atomic E-state index is 13.1. The predicted octanol–water partition coefficient (Wildman–Crippen LogP) is 5.95. The summed E-state index contributed by atoms with van der Waals surface area (Å²) in [6, 6.07) is 15.7. The quantitative estimate of drug-likeness (QED) is 0.572. The lowest BCUT2D eigenvalue weighted by Crippen LogP contribution is -2.09. The van der Waals surface area contributed by atoms with Crippen LogP contribution in [0.25, 0.3) is 11.3 Å². The fourth-order valence-electron chi connectivity index (χ4n) is 2.67. The highest BCUT2D eigenvalue weighted by atomic mass is 19.4. The summed E-state index contributed by atoms with van der Waals surface area (Å²) in [6.45, 7) is 1.91. The molecule has 6 heteroatoms. The number of anilines is 1. The minimum absolute atomic E-state index is 0.0551. The van der Waals surface area contributed by atoms with Gasteiger partial charge >= 0.3 is 6.18 Å². The van der Waals surface area contributed by atoms with Crippen LogP contribution >= 0.6 is 0 Å². The second-order valence-electron chi connectivity index (χ2n) is 5.85. The molecule has 3 nitrogen and oxygen atoms in total. The van der Waals surface area contributed by atoms with Crippen LogP contribution in [0.15, 0.2) is 65.1 Å². The molecule has 1 N–H and O–H groups in total. The fraction of sp³-hybridized carbons (Fsp3) is 0.150. The lowest BCUT2D eigenvalue weighted by Gasteiger charge is -2.19. The third kappa shape index (κ3) is 3.79.